The number of likely N-dealkylation sites (tertiary alicyclic amines) is 1. The van der Waals surface area contributed by atoms with Gasteiger partial charge in [0.05, 0.1) is 0 Å². The third-order valence-corrected chi connectivity index (χ3v) is 3.15. The number of nitrogens with one attached hydrogen (secondary N) is 1. The topological polar surface area (TPSA) is 75.7 Å². The number of hydrogen-bond donors (Lipinski definition) is 1. The second-order valence-corrected chi connectivity index (χ2v) is 4.76. The van der Waals surface area contributed by atoms with Crippen LogP contribution in [0.25, 0.3) is 0 Å². The average molecular weight is 330 g/mol. The van der Waals surface area contributed by atoms with Crippen LogP contribution in [0.3, 0.4) is 0 Å². The monoisotopic (exact) mass is 330 g/mol. The Morgan fingerprint density at radius 1 is 1.26 bits per heavy atom. The lowest BCUT2D eigenvalue weighted by molar-refractivity contribution is -0.138. The average Bonchev–Trinajstić information content (AvgIpc) is 2.78. The number of carbonyl (C=O) groups is 3. The van der Waals surface area contributed by atoms with Crippen molar-refractivity contribution in [1.29, 1.82) is 0 Å². The lowest BCUT2D eigenvalue weighted by atomic mass is 10.2. The Hall–Kier alpha value is -2.58. The van der Waals surface area contributed by atoms with E-state index in [-0.39, 0.29) is 43.3 Å². The first-order chi connectivity index (χ1) is 10.9. The molecule has 0 saturated carbocycles. The predicted octanol–water partition coefficient (Wildman–Crippen LogP) is 1.90. The van der Waals surface area contributed by atoms with Crippen LogP contribution in [0.15, 0.2) is 18.2 Å². The summed E-state index contributed by atoms with van der Waals surface area (Å²) in [7, 11) is 0. The minimum absolute atomic E-state index is 0.0493. The van der Waals surface area contributed by atoms with E-state index in [0.717, 1.165) is 17.0 Å². The molecule has 3 amide bonds. The molecule has 124 valence electrons. The molecule has 1 saturated heterocycles. The lowest BCUT2D eigenvalue weighted by Gasteiger charge is -2.13. The fourth-order valence-corrected chi connectivity index (χ4v) is 2.08. The molecule has 0 spiro atoms. The second-order valence-electron chi connectivity index (χ2n) is 4.76. The van der Waals surface area contributed by atoms with Gasteiger partial charge in [0, 0.05) is 37.6 Å². The Bertz CT molecular complexity index is 620. The third kappa shape index (κ3) is 4.44. The lowest BCUT2D eigenvalue weighted by Crippen LogP contribution is -2.32. The summed E-state index contributed by atoms with van der Waals surface area (Å²) >= 11 is 0. The molecular formula is C14H13F3N2O4. The standard InChI is InChI=1S/C14H13F3N2O4/c15-9-7-8(1-2-10(9)23-14(16)17)18-11(20)5-6-19-12(21)3-4-13(19)22/h1-2,7,14H,3-6H2,(H,18,20). The fraction of sp³-hybridized carbons (Fsp3) is 0.357. The highest BCUT2D eigenvalue weighted by molar-refractivity contribution is 6.02. The van der Waals surface area contributed by atoms with Crippen molar-refractivity contribution in [2.24, 2.45) is 0 Å². The van der Waals surface area contributed by atoms with E-state index in [2.05, 4.69) is 10.1 Å². The van der Waals surface area contributed by atoms with Crippen LogP contribution in [0.1, 0.15) is 19.3 Å². The van der Waals surface area contributed by atoms with Gasteiger partial charge in [0.2, 0.25) is 17.7 Å². The number of hydrogen-bond acceptors (Lipinski definition) is 4. The van der Waals surface area contributed by atoms with Crippen LogP contribution in [-0.4, -0.2) is 35.8 Å². The van der Waals surface area contributed by atoms with Gasteiger partial charge in [-0.1, -0.05) is 0 Å². The van der Waals surface area contributed by atoms with E-state index < -0.39 is 24.1 Å². The number of benzene rings is 1. The molecule has 1 aliphatic rings. The largest absolute Gasteiger partial charge is 0.432 e. The molecule has 2 rings (SSSR count). The Balaban J connectivity index is 1.89. The number of rotatable bonds is 6. The molecule has 1 aromatic rings. The summed E-state index contributed by atoms with van der Waals surface area (Å²) in [5.41, 5.74) is 0.0493. The van der Waals surface area contributed by atoms with Crippen LogP contribution in [0.5, 0.6) is 5.75 Å². The van der Waals surface area contributed by atoms with Crippen LogP contribution in [0.2, 0.25) is 0 Å². The molecule has 0 unspecified atom stereocenters. The van der Waals surface area contributed by atoms with Gasteiger partial charge in [-0.2, -0.15) is 8.78 Å². The second kappa shape index (κ2) is 7.12. The van der Waals surface area contributed by atoms with E-state index in [1.54, 1.807) is 0 Å². The number of halogens is 3. The number of carbonyl (C=O) groups excluding carboxylic acids is 3. The zero-order valence-electron chi connectivity index (χ0n) is 11.9. The van der Waals surface area contributed by atoms with Crippen LogP contribution < -0.4 is 10.1 Å². The molecule has 1 aromatic carbocycles. The maximum absolute atomic E-state index is 13.5. The maximum atomic E-state index is 13.5. The maximum Gasteiger partial charge on any atom is 0.387 e. The highest BCUT2D eigenvalue weighted by atomic mass is 19.3. The molecule has 6 nitrogen and oxygen atoms in total. The van der Waals surface area contributed by atoms with E-state index in [9.17, 15) is 27.6 Å². The molecule has 1 N–H and O–H groups in total. The van der Waals surface area contributed by atoms with Crippen molar-refractivity contribution < 1.29 is 32.3 Å². The van der Waals surface area contributed by atoms with Gasteiger partial charge in [0.15, 0.2) is 11.6 Å². The van der Waals surface area contributed by atoms with Gasteiger partial charge in [0.1, 0.15) is 0 Å². The first-order valence-corrected chi connectivity index (χ1v) is 6.74. The van der Waals surface area contributed by atoms with Gasteiger partial charge in [0.25, 0.3) is 0 Å². The number of imide groups is 1. The number of ether oxygens (including phenoxy) is 1. The molecule has 0 aliphatic carbocycles. The quantitative estimate of drug-likeness (QED) is 0.809. The highest BCUT2D eigenvalue weighted by Gasteiger charge is 2.28. The first kappa shape index (κ1) is 16.8. The summed E-state index contributed by atoms with van der Waals surface area (Å²) in [6, 6.07) is 3.00. The normalized spacial score (nSPS) is 14.5. The van der Waals surface area contributed by atoms with Crippen LogP contribution in [0.4, 0.5) is 18.9 Å². The number of alkyl halides is 2. The van der Waals surface area contributed by atoms with Crippen molar-refractivity contribution in [3.05, 3.63) is 24.0 Å². The third-order valence-electron chi connectivity index (χ3n) is 3.15. The molecular weight excluding hydrogens is 317 g/mol. The molecule has 0 atom stereocenters. The summed E-state index contributed by atoms with van der Waals surface area (Å²) < 4.78 is 41.4. The van der Waals surface area contributed by atoms with Gasteiger partial charge in [-0.3, -0.25) is 19.3 Å². The molecule has 1 aliphatic heterocycles. The zero-order chi connectivity index (χ0) is 17.0. The Morgan fingerprint density at radius 3 is 2.48 bits per heavy atom. The van der Waals surface area contributed by atoms with Gasteiger partial charge >= 0.3 is 6.61 Å². The van der Waals surface area contributed by atoms with Crippen molar-refractivity contribution in [2.45, 2.75) is 25.9 Å². The van der Waals surface area contributed by atoms with Gasteiger partial charge in [-0.05, 0) is 12.1 Å². The molecule has 0 aromatic heterocycles. The number of anilines is 1. The molecule has 0 bridgehead atoms. The Kier molecular flexibility index (Phi) is 5.20. The van der Waals surface area contributed by atoms with E-state index in [1.165, 1.54) is 6.07 Å². The molecule has 1 fully saturated rings. The molecule has 1 heterocycles. The summed E-state index contributed by atoms with van der Waals surface area (Å²) in [6.45, 7) is -3.21. The van der Waals surface area contributed by atoms with Crippen molar-refractivity contribution >= 4 is 23.4 Å². The Labute approximate surface area is 129 Å². The first-order valence-electron chi connectivity index (χ1n) is 6.74. The minimum Gasteiger partial charge on any atom is -0.432 e. The summed E-state index contributed by atoms with van der Waals surface area (Å²) in [4.78, 5) is 35.5. The van der Waals surface area contributed by atoms with E-state index in [0.29, 0.717) is 0 Å². The SMILES string of the molecule is O=C(CCN1C(=O)CCC1=O)Nc1ccc(OC(F)F)c(F)c1. The van der Waals surface area contributed by atoms with Gasteiger partial charge in [-0.15, -0.1) is 0 Å². The van der Waals surface area contributed by atoms with Gasteiger partial charge in [-0.25, -0.2) is 4.39 Å². The van der Waals surface area contributed by atoms with Crippen molar-refractivity contribution in [1.82, 2.24) is 4.90 Å². The molecule has 0 radical (unpaired) electrons. The Morgan fingerprint density at radius 2 is 1.91 bits per heavy atom. The van der Waals surface area contributed by atoms with Gasteiger partial charge < -0.3 is 10.1 Å². The van der Waals surface area contributed by atoms with Crippen molar-refractivity contribution in [2.75, 3.05) is 11.9 Å². The summed E-state index contributed by atoms with van der Waals surface area (Å²) in [6.07, 6.45) is 0.128. The van der Waals surface area contributed by atoms with E-state index in [1.807, 2.05) is 0 Å². The summed E-state index contributed by atoms with van der Waals surface area (Å²) in [5, 5.41) is 2.35. The van der Waals surface area contributed by atoms with E-state index >= 15 is 0 Å². The van der Waals surface area contributed by atoms with Crippen molar-refractivity contribution in [3.63, 3.8) is 0 Å². The summed E-state index contributed by atoms with van der Waals surface area (Å²) in [5.74, 6) is -2.89. The molecule has 9 heteroatoms. The smallest absolute Gasteiger partial charge is 0.387 e. The predicted molar refractivity (Wildman–Crippen MR) is 72.2 cm³/mol. The fourth-order valence-electron chi connectivity index (χ4n) is 2.08. The highest BCUT2D eigenvalue weighted by Crippen LogP contribution is 2.23. The van der Waals surface area contributed by atoms with Crippen molar-refractivity contribution in [3.8, 4) is 5.75 Å². The van der Waals surface area contributed by atoms with E-state index in [4.69, 9.17) is 0 Å². The number of nitrogens with zero attached hydrogens (tertiary/aromatic N) is 1. The number of amides is 3. The zero-order valence-corrected chi connectivity index (χ0v) is 11.9. The van der Waals surface area contributed by atoms with Crippen LogP contribution in [-0.2, 0) is 14.4 Å². The van der Waals surface area contributed by atoms with Crippen LogP contribution >= 0.6 is 0 Å². The van der Waals surface area contributed by atoms with Crippen LogP contribution in [0, 0.1) is 5.82 Å². The molecule has 23 heavy (non-hydrogen) atoms. The minimum atomic E-state index is -3.15.